The zero-order valence-corrected chi connectivity index (χ0v) is 10.5. The Morgan fingerprint density at radius 3 is 2.20 bits per heavy atom. The van der Waals surface area contributed by atoms with Crippen LogP contribution in [0.1, 0.15) is 13.8 Å². The fourth-order valence-corrected chi connectivity index (χ4v) is 1.45. The van der Waals surface area contributed by atoms with E-state index in [1.54, 1.807) is 19.2 Å². The van der Waals surface area contributed by atoms with Crippen molar-refractivity contribution in [2.75, 3.05) is 11.9 Å². The highest BCUT2D eigenvalue weighted by atomic mass is 79.9. The fraction of sp³-hybridized carbons (Fsp3) is 0.364. The summed E-state index contributed by atoms with van der Waals surface area (Å²) in [6, 6.07) is 7.14. The van der Waals surface area contributed by atoms with Gasteiger partial charge in [0.25, 0.3) is 5.91 Å². The number of carbonyl (C=O) groups excluding carboxylic acids is 1. The van der Waals surface area contributed by atoms with Crippen LogP contribution >= 0.6 is 15.9 Å². The summed E-state index contributed by atoms with van der Waals surface area (Å²) in [6.07, 6.45) is 0. The van der Waals surface area contributed by atoms with Crippen molar-refractivity contribution < 1.29 is 9.18 Å². The summed E-state index contributed by atoms with van der Waals surface area (Å²) in [5, 5.41) is 0. The normalized spacial score (nSPS) is 11.3. The first-order chi connectivity index (χ1) is 6.82. The molecule has 0 radical (unpaired) electrons. The number of hydrogen-bond acceptors (Lipinski definition) is 1. The summed E-state index contributed by atoms with van der Waals surface area (Å²) in [5.41, 5.74) is -1.17. The highest BCUT2D eigenvalue weighted by molar-refractivity contribution is 9.10. The lowest BCUT2D eigenvalue weighted by Gasteiger charge is -2.23. The molecule has 0 atom stereocenters. The Hall–Kier alpha value is -0.900. The highest BCUT2D eigenvalue weighted by Crippen LogP contribution is 2.21. The van der Waals surface area contributed by atoms with Crippen LogP contribution in [0.2, 0.25) is 0 Å². The van der Waals surface area contributed by atoms with Crippen molar-refractivity contribution in [3.05, 3.63) is 28.7 Å². The Kier molecular flexibility index (Phi) is 3.50. The van der Waals surface area contributed by atoms with Crippen LogP contribution in [0.3, 0.4) is 0 Å². The van der Waals surface area contributed by atoms with E-state index in [9.17, 15) is 9.18 Å². The summed E-state index contributed by atoms with van der Waals surface area (Å²) in [7, 11) is 1.56. The third kappa shape index (κ3) is 3.02. The lowest BCUT2D eigenvalue weighted by molar-refractivity contribution is -0.127. The summed E-state index contributed by atoms with van der Waals surface area (Å²) in [6.45, 7) is 2.51. The molecule has 0 aliphatic carbocycles. The van der Waals surface area contributed by atoms with Gasteiger partial charge in [-0.25, -0.2) is 4.39 Å². The fourth-order valence-electron chi connectivity index (χ4n) is 1.18. The molecule has 0 aromatic heterocycles. The molecule has 4 heteroatoms. The van der Waals surface area contributed by atoms with Crippen LogP contribution in [-0.2, 0) is 4.79 Å². The molecule has 15 heavy (non-hydrogen) atoms. The van der Waals surface area contributed by atoms with Gasteiger partial charge in [-0.2, -0.15) is 0 Å². The molecule has 0 fully saturated rings. The summed E-state index contributed by atoms with van der Waals surface area (Å²) >= 11 is 3.29. The smallest absolute Gasteiger partial charge is 0.263 e. The average Bonchev–Trinajstić information content (AvgIpc) is 2.15. The van der Waals surface area contributed by atoms with Gasteiger partial charge in [0.1, 0.15) is 0 Å². The van der Waals surface area contributed by atoms with E-state index in [0.29, 0.717) is 5.69 Å². The summed E-state index contributed by atoms with van der Waals surface area (Å²) < 4.78 is 14.3. The van der Waals surface area contributed by atoms with E-state index in [1.165, 1.54) is 18.7 Å². The number of carbonyl (C=O) groups is 1. The molecule has 0 saturated carbocycles. The number of rotatable bonds is 2. The van der Waals surface area contributed by atoms with Gasteiger partial charge in [-0.3, -0.25) is 4.79 Å². The predicted molar refractivity (Wildman–Crippen MR) is 62.7 cm³/mol. The first-order valence-corrected chi connectivity index (χ1v) is 5.34. The number of hydrogen-bond donors (Lipinski definition) is 0. The van der Waals surface area contributed by atoms with Gasteiger partial charge in [-0.1, -0.05) is 15.9 Å². The van der Waals surface area contributed by atoms with E-state index in [4.69, 9.17) is 0 Å². The highest BCUT2D eigenvalue weighted by Gasteiger charge is 2.30. The molecule has 1 aromatic rings. The second-order valence-electron chi connectivity index (χ2n) is 3.81. The van der Waals surface area contributed by atoms with E-state index >= 15 is 0 Å². The maximum Gasteiger partial charge on any atom is 0.263 e. The molecule has 0 spiro atoms. The van der Waals surface area contributed by atoms with Gasteiger partial charge in [-0.15, -0.1) is 0 Å². The van der Waals surface area contributed by atoms with Crippen molar-refractivity contribution in [3.8, 4) is 0 Å². The van der Waals surface area contributed by atoms with Gasteiger partial charge in [-0.05, 0) is 38.1 Å². The number of anilines is 1. The minimum atomic E-state index is -1.85. The largest absolute Gasteiger partial charge is 0.313 e. The number of benzene rings is 1. The molecule has 2 nitrogen and oxygen atoms in total. The minimum absolute atomic E-state index is 0.551. The Labute approximate surface area is 97.2 Å². The molecular formula is C11H13BrFNO. The van der Waals surface area contributed by atoms with Crippen molar-refractivity contribution in [1.82, 2.24) is 0 Å². The van der Waals surface area contributed by atoms with Gasteiger partial charge >= 0.3 is 0 Å². The second kappa shape index (κ2) is 4.31. The Balaban J connectivity index is 2.90. The predicted octanol–water partition coefficient (Wildman–Crippen LogP) is 3.16. The molecule has 0 unspecified atom stereocenters. The van der Waals surface area contributed by atoms with Crippen LogP contribution in [-0.4, -0.2) is 18.6 Å². The van der Waals surface area contributed by atoms with Crippen LogP contribution in [0, 0.1) is 0 Å². The molecule has 1 aromatic carbocycles. The lowest BCUT2D eigenvalue weighted by atomic mass is 10.1. The van der Waals surface area contributed by atoms with Gasteiger partial charge in [0.2, 0.25) is 0 Å². The van der Waals surface area contributed by atoms with Crippen molar-refractivity contribution in [3.63, 3.8) is 0 Å². The molecule has 1 rings (SSSR count). The van der Waals surface area contributed by atoms with E-state index in [1.807, 2.05) is 12.1 Å². The third-order valence-electron chi connectivity index (χ3n) is 2.03. The molecule has 0 N–H and O–H groups in total. The SMILES string of the molecule is CN(C(=O)C(C)(C)F)c1ccc(Br)cc1. The molecule has 1 amide bonds. The molecule has 0 bridgehead atoms. The average molecular weight is 274 g/mol. The quantitative estimate of drug-likeness (QED) is 0.811. The number of amides is 1. The number of nitrogens with zero attached hydrogens (tertiary/aromatic N) is 1. The zero-order valence-electron chi connectivity index (χ0n) is 8.92. The van der Waals surface area contributed by atoms with Gasteiger partial charge in [0, 0.05) is 17.2 Å². The molecule has 0 saturated heterocycles. The molecule has 0 heterocycles. The molecule has 82 valence electrons. The first-order valence-electron chi connectivity index (χ1n) is 4.55. The van der Waals surface area contributed by atoms with Crippen LogP contribution in [0.5, 0.6) is 0 Å². The van der Waals surface area contributed by atoms with Crippen molar-refractivity contribution in [2.24, 2.45) is 0 Å². The maximum atomic E-state index is 13.4. The third-order valence-corrected chi connectivity index (χ3v) is 2.56. The van der Waals surface area contributed by atoms with Crippen molar-refractivity contribution in [2.45, 2.75) is 19.5 Å². The maximum absolute atomic E-state index is 13.4. The van der Waals surface area contributed by atoms with E-state index in [0.717, 1.165) is 4.47 Å². The van der Waals surface area contributed by atoms with E-state index in [-0.39, 0.29) is 0 Å². The Morgan fingerprint density at radius 1 is 1.33 bits per heavy atom. The number of halogens is 2. The van der Waals surface area contributed by atoms with Crippen LogP contribution < -0.4 is 4.90 Å². The number of alkyl halides is 1. The molecular weight excluding hydrogens is 261 g/mol. The van der Waals surface area contributed by atoms with Gasteiger partial charge in [0.05, 0.1) is 0 Å². The van der Waals surface area contributed by atoms with Crippen LogP contribution in [0.4, 0.5) is 10.1 Å². The summed E-state index contributed by atoms with van der Waals surface area (Å²) in [4.78, 5) is 12.9. The molecule has 0 aliphatic rings. The zero-order chi connectivity index (χ0) is 11.6. The summed E-state index contributed by atoms with van der Waals surface area (Å²) in [5.74, 6) is -0.551. The van der Waals surface area contributed by atoms with E-state index in [2.05, 4.69) is 15.9 Å². The van der Waals surface area contributed by atoms with E-state index < -0.39 is 11.6 Å². The van der Waals surface area contributed by atoms with Gasteiger partial charge < -0.3 is 4.90 Å². The van der Waals surface area contributed by atoms with Crippen molar-refractivity contribution >= 4 is 27.5 Å². The topological polar surface area (TPSA) is 20.3 Å². The Bertz CT molecular complexity index is 356. The van der Waals surface area contributed by atoms with Gasteiger partial charge in [0.15, 0.2) is 5.67 Å². The lowest BCUT2D eigenvalue weighted by Crippen LogP contribution is -2.40. The van der Waals surface area contributed by atoms with Crippen LogP contribution in [0.15, 0.2) is 28.7 Å². The standard InChI is InChI=1S/C11H13BrFNO/c1-11(2,13)10(15)14(3)9-6-4-8(12)5-7-9/h4-7H,1-3H3. The minimum Gasteiger partial charge on any atom is -0.313 e. The molecule has 0 aliphatic heterocycles. The monoisotopic (exact) mass is 273 g/mol. The van der Waals surface area contributed by atoms with Crippen molar-refractivity contribution in [1.29, 1.82) is 0 Å². The second-order valence-corrected chi connectivity index (χ2v) is 4.73. The Morgan fingerprint density at radius 2 is 1.80 bits per heavy atom. The first kappa shape index (κ1) is 12.2. The van der Waals surface area contributed by atoms with Crippen LogP contribution in [0.25, 0.3) is 0 Å².